The van der Waals surface area contributed by atoms with Gasteiger partial charge in [0, 0.05) is 11.2 Å². The fourth-order valence-corrected chi connectivity index (χ4v) is 0.997. The smallest absolute Gasteiger partial charge is 0.346 e. The standard InChI is InChI=1S/C3H5ClNO2P/c1-3-2-6-8(4)7-5-3/h2,5H,1H3. The molecule has 1 aromatic rings. The molecular weight excluding hydrogens is 148 g/mol. The number of H-pyrrole nitrogens is 1. The molecule has 3 nitrogen and oxygen atoms in total. The molecule has 46 valence electrons. The van der Waals surface area contributed by atoms with Gasteiger partial charge < -0.3 is 8.50 Å². The summed E-state index contributed by atoms with van der Waals surface area (Å²) >= 11 is 5.40. The van der Waals surface area contributed by atoms with E-state index in [1.54, 1.807) is 0 Å². The maximum absolute atomic E-state index is 5.40. The van der Waals surface area contributed by atoms with Crippen molar-refractivity contribution in [1.29, 1.82) is 0 Å². The van der Waals surface area contributed by atoms with E-state index in [-0.39, 0.29) is 0 Å². The van der Waals surface area contributed by atoms with Crippen LogP contribution in [0.4, 0.5) is 0 Å². The van der Waals surface area contributed by atoms with Crippen molar-refractivity contribution in [1.82, 2.24) is 5.16 Å². The first-order valence-corrected chi connectivity index (χ1v) is 4.10. The summed E-state index contributed by atoms with van der Waals surface area (Å²) in [6.45, 7) is 1.82. The highest BCUT2D eigenvalue weighted by molar-refractivity contribution is 7.68. The second kappa shape index (κ2) is 2.33. The third kappa shape index (κ3) is 1.35. The van der Waals surface area contributed by atoms with Crippen molar-refractivity contribution in [2.24, 2.45) is 0 Å². The topological polar surface area (TPSA) is 42.1 Å². The molecule has 0 bridgehead atoms. The normalized spacial score (nSPS) is 11.5. The van der Waals surface area contributed by atoms with Crippen LogP contribution in [0.2, 0.25) is 0 Å². The van der Waals surface area contributed by atoms with Crippen LogP contribution < -0.4 is 0 Å². The van der Waals surface area contributed by atoms with Crippen LogP contribution in [0, 0.1) is 6.92 Å². The number of aryl methyl sites for hydroxylation is 1. The molecular formula is C3H5ClNO2P. The Balaban J connectivity index is 3.03. The van der Waals surface area contributed by atoms with E-state index in [0.717, 1.165) is 5.69 Å². The van der Waals surface area contributed by atoms with Crippen molar-refractivity contribution >= 4 is 18.6 Å². The van der Waals surface area contributed by atoms with Gasteiger partial charge in [-0.25, -0.2) is 5.16 Å². The minimum Gasteiger partial charge on any atom is -0.414 e. The molecule has 0 amide bonds. The van der Waals surface area contributed by atoms with Crippen LogP contribution in [0.25, 0.3) is 0 Å². The zero-order valence-corrected chi connectivity index (χ0v) is 5.87. The van der Waals surface area contributed by atoms with Crippen LogP contribution in [0.5, 0.6) is 0 Å². The summed E-state index contributed by atoms with van der Waals surface area (Å²) in [5.74, 6) is 0. The lowest BCUT2D eigenvalue weighted by atomic mass is 10.6. The Morgan fingerprint density at radius 1 is 1.88 bits per heavy atom. The van der Waals surface area contributed by atoms with E-state index < -0.39 is 7.37 Å². The first-order chi connectivity index (χ1) is 3.79. The zero-order chi connectivity index (χ0) is 5.98. The Bertz CT molecular complexity index is 156. The van der Waals surface area contributed by atoms with Crippen LogP contribution in [-0.4, -0.2) is 5.16 Å². The van der Waals surface area contributed by atoms with E-state index in [2.05, 4.69) is 9.46 Å². The Kier molecular flexibility index (Phi) is 1.71. The summed E-state index contributed by atoms with van der Waals surface area (Å²) in [5, 5.41) is 2.56. The zero-order valence-electron chi connectivity index (χ0n) is 4.22. The second-order valence-corrected chi connectivity index (χ2v) is 2.96. The molecule has 5 heteroatoms. The molecule has 0 aliphatic heterocycles. The highest BCUT2D eigenvalue weighted by Crippen LogP contribution is 2.28. The number of nitrogens with one attached hydrogen (secondary N) is 1. The Hall–Kier alpha value is -0.270. The largest absolute Gasteiger partial charge is 0.414 e. The fourth-order valence-electron chi connectivity index (χ4n) is 0.274. The minimum absolute atomic E-state index is 0.824. The molecule has 0 spiro atoms. The number of aromatic nitrogens is 1. The van der Waals surface area contributed by atoms with Gasteiger partial charge in [0.1, 0.15) is 6.26 Å². The molecule has 0 saturated heterocycles. The highest BCUT2D eigenvalue weighted by Gasteiger charge is 1.86. The third-order valence-corrected chi connectivity index (χ3v) is 1.54. The molecule has 0 fully saturated rings. The average molecular weight is 154 g/mol. The molecule has 0 aromatic carbocycles. The molecule has 8 heavy (non-hydrogen) atoms. The molecule has 1 atom stereocenters. The number of hydrogen-bond donors (Lipinski definition) is 1. The van der Waals surface area contributed by atoms with Crippen LogP contribution in [0.3, 0.4) is 0 Å². The predicted octanol–water partition coefficient (Wildman–Crippen LogP) is 2.62. The summed E-state index contributed by atoms with van der Waals surface area (Å²) in [6.07, 6.45) is 1.53. The van der Waals surface area contributed by atoms with Crippen molar-refractivity contribution in [2.75, 3.05) is 0 Å². The maximum atomic E-state index is 5.40. The Labute approximate surface area is 51.9 Å². The quantitative estimate of drug-likeness (QED) is 0.623. The molecule has 1 aromatic heterocycles. The number of halogens is 1. The highest BCUT2D eigenvalue weighted by atomic mass is 35.7. The van der Waals surface area contributed by atoms with E-state index in [0.29, 0.717) is 0 Å². The number of rotatable bonds is 0. The van der Waals surface area contributed by atoms with Gasteiger partial charge >= 0.3 is 7.37 Å². The third-order valence-electron chi connectivity index (χ3n) is 0.591. The van der Waals surface area contributed by atoms with Gasteiger partial charge in [-0.05, 0) is 6.92 Å². The van der Waals surface area contributed by atoms with Gasteiger partial charge in [-0.1, -0.05) is 0 Å². The lowest BCUT2D eigenvalue weighted by molar-refractivity contribution is 0.442. The van der Waals surface area contributed by atoms with E-state index in [4.69, 9.17) is 15.4 Å². The first kappa shape index (κ1) is 5.86. The van der Waals surface area contributed by atoms with Gasteiger partial charge in [-0.3, -0.25) is 0 Å². The number of hydrogen-bond acceptors (Lipinski definition) is 2. The predicted molar refractivity (Wildman–Crippen MR) is 31.6 cm³/mol. The van der Waals surface area contributed by atoms with Gasteiger partial charge in [-0.15, -0.1) is 0 Å². The van der Waals surface area contributed by atoms with E-state index >= 15 is 0 Å². The maximum Gasteiger partial charge on any atom is 0.346 e. The first-order valence-electron chi connectivity index (χ1n) is 2.01. The summed E-state index contributed by atoms with van der Waals surface area (Å²) in [7, 11) is -1.23. The summed E-state index contributed by atoms with van der Waals surface area (Å²) in [6, 6.07) is 0. The monoisotopic (exact) mass is 153 g/mol. The lowest BCUT2D eigenvalue weighted by Crippen LogP contribution is -1.70. The van der Waals surface area contributed by atoms with Crippen molar-refractivity contribution in [3.05, 3.63) is 12.0 Å². The molecule has 0 aliphatic rings. The van der Waals surface area contributed by atoms with Gasteiger partial charge in [0.25, 0.3) is 0 Å². The van der Waals surface area contributed by atoms with Crippen molar-refractivity contribution in [2.45, 2.75) is 6.92 Å². The fraction of sp³-hybridized carbons (Fsp3) is 0.333. The van der Waals surface area contributed by atoms with Crippen LogP contribution >= 0.6 is 18.6 Å². The molecule has 0 radical (unpaired) electrons. The molecule has 0 aliphatic carbocycles. The van der Waals surface area contributed by atoms with Crippen LogP contribution in [0.1, 0.15) is 5.69 Å². The molecule has 1 heterocycles. The Morgan fingerprint density at radius 2 is 2.62 bits per heavy atom. The van der Waals surface area contributed by atoms with Crippen LogP contribution in [0.15, 0.2) is 14.8 Å². The van der Waals surface area contributed by atoms with E-state index in [1.807, 2.05) is 6.92 Å². The van der Waals surface area contributed by atoms with Gasteiger partial charge in [0.2, 0.25) is 0 Å². The molecule has 0 saturated carbocycles. The molecule has 1 unspecified atom stereocenters. The summed E-state index contributed by atoms with van der Waals surface area (Å²) in [4.78, 5) is 0. The van der Waals surface area contributed by atoms with E-state index in [1.165, 1.54) is 6.26 Å². The molecule has 1 N–H and O–H groups in total. The van der Waals surface area contributed by atoms with Crippen molar-refractivity contribution in [3.63, 3.8) is 0 Å². The van der Waals surface area contributed by atoms with Crippen LogP contribution in [-0.2, 0) is 0 Å². The minimum atomic E-state index is -1.23. The van der Waals surface area contributed by atoms with Gasteiger partial charge in [0.15, 0.2) is 0 Å². The van der Waals surface area contributed by atoms with Gasteiger partial charge in [-0.2, -0.15) is 0 Å². The lowest BCUT2D eigenvalue weighted by Gasteiger charge is -1.89. The summed E-state index contributed by atoms with van der Waals surface area (Å²) in [5.41, 5.74) is 0.824. The van der Waals surface area contributed by atoms with Crippen molar-refractivity contribution < 1.29 is 8.50 Å². The van der Waals surface area contributed by atoms with Crippen molar-refractivity contribution in [3.8, 4) is 0 Å². The SMILES string of the molecule is Cc1cop(Cl)o[nH]1. The second-order valence-electron chi connectivity index (χ2n) is 1.31. The summed E-state index contributed by atoms with van der Waals surface area (Å²) < 4.78 is 9.45. The average Bonchev–Trinajstić information content (AvgIpc) is 1.77. The Morgan fingerprint density at radius 3 is 3.00 bits per heavy atom. The van der Waals surface area contributed by atoms with Gasteiger partial charge in [0.05, 0.1) is 5.69 Å². The molecule has 1 rings (SSSR count). The number of aromatic amines is 1. The van der Waals surface area contributed by atoms with E-state index in [9.17, 15) is 0 Å².